The quantitative estimate of drug-likeness (QED) is 0.808. The minimum Gasteiger partial charge on any atom is -0.503 e. The maximum atomic E-state index is 12.9. The highest BCUT2D eigenvalue weighted by Gasteiger charge is 2.34. The summed E-state index contributed by atoms with van der Waals surface area (Å²) in [5.41, 5.74) is -2.85. The molecule has 1 heterocycles. The normalized spacial score (nSPS) is 13.3. The minimum absolute atomic E-state index is 0.00290. The smallest absolute Gasteiger partial charge is 0.416 e. The van der Waals surface area contributed by atoms with Gasteiger partial charge in [0.2, 0.25) is 5.69 Å². The van der Waals surface area contributed by atoms with Gasteiger partial charge in [0.05, 0.1) is 11.8 Å². The third kappa shape index (κ3) is 4.44. The number of aromatic carboxylic acids is 1. The van der Waals surface area contributed by atoms with Gasteiger partial charge in [-0.05, 0) is 25.8 Å². The monoisotopic (exact) mass is 332 g/mol. The molecule has 0 saturated carbocycles. The lowest BCUT2D eigenvalue weighted by Gasteiger charge is -2.15. The first kappa shape index (κ1) is 18.5. The van der Waals surface area contributed by atoms with E-state index < -0.39 is 34.6 Å². The Labute approximate surface area is 129 Å². The first-order valence-corrected chi connectivity index (χ1v) is 6.54. The standard InChI is InChI=1S/C14H15F3N2O4/c1-3-8(9(4-2)14(15,16)17)5-6-19-7-10(20)12(21)11(18-19)13(22)23/h3-4,7,20H,5-6H2,1-2H3,(H,22,23). The van der Waals surface area contributed by atoms with E-state index in [2.05, 4.69) is 5.10 Å². The van der Waals surface area contributed by atoms with E-state index in [4.69, 9.17) is 5.11 Å². The van der Waals surface area contributed by atoms with Gasteiger partial charge in [-0.2, -0.15) is 18.3 Å². The molecule has 126 valence electrons. The number of alkyl halides is 3. The average molecular weight is 332 g/mol. The van der Waals surface area contributed by atoms with Crippen molar-refractivity contribution in [2.24, 2.45) is 0 Å². The van der Waals surface area contributed by atoms with Crippen LogP contribution in [0.4, 0.5) is 13.2 Å². The third-order valence-corrected chi connectivity index (χ3v) is 3.05. The highest BCUT2D eigenvalue weighted by molar-refractivity contribution is 5.85. The summed E-state index contributed by atoms with van der Waals surface area (Å²) in [6, 6.07) is 0. The van der Waals surface area contributed by atoms with Gasteiger partial charge in [0.25, 0.3) is 5.43 Å². The van der Waals surface area contributed by atoms with Gasteiger partial charge in [-0.25, -0.2) is 4.79 Å². The minimum atomic E-state index is -4.51. The van der Waals surface area contributed by atoms with Crippen molar-refractivity contribution in [1.29, 1.82) is 0 Å². The fourth-order valence-corrected chi connectivity index (χ4v) is 1.98. The highest BCUT2D eigenvalue weighted by Crippen LogP contribution is 2.32. The van der Waals surface area contributed by atoms with Gasteiger partial charge >= 0.3 is 12.1 Å². The van der Waals surface area contributed by atoms with Gasteiger partial charge in [0, 0.05) is 6.54 Å². The second-order valence-corrected chi connectivity index (χ2v) is 4.52. The first-order chi connectivity index (χ1) is 10.6. The molecule has 0 aromatic carbocycles. The van der Waals surface area contributed by atoms with E-state index in [0.717, 1.165) is 17.0 Å². The van der Waals surface area contributed by atoms with Crippen molar-refractivity contribution in [1.82, 2.24) is 9.78 Å². The van der Waals surface area contributed by atoms with Crippen molar-refractivity contribution in [3.63, 3.8) is 0 Å². The van der Waals surface area contributed by atoms with E-state index in [-0.39, 0.29) is 18.5 Å². The number of aromatic hydroxyl groups is 1. The molecular weight excluding hydrogens is 317 g/mol. The number of rotatable bonds is 5. The predicted molar refractivity (Wildman–Crippen MR) is 75.3 cm³/mol. The lowest BCUT2D eigenvalue weighted by atomic mass is 10.0. The molecule has 1 aromatic rings. The van der Waals surface area contributed by atoms with Gasteiger partial charge < -0.3 is 10.2 Å². The van der Waals surface area contributed by atoms with Crippen LogP contribution in [-0.2, 0) is 6.54 Å². The lowest BCUT2D eigenvalue weighted by molar-refractivity contribution is -0.0897. The molecule has 0 atom stereocenters. The summed E-state index contributed by atoms with van der Waals surface area (Å²) in [4.78, 5) is 22.2. The molecule has 0 amide bonds. The van der Waals surface area contributed by atoms with Crippen LogP contribution in [0, 0.1) is 0 Å². The zero-order valence-electron chi connectivity index (χ0n) is 12.4. The Morgan fingerprint density at radius 3 is 2.39 bits per heavy atom. The van der Waals surface area contributed by atoms with Crippen molar-refractivity contribution in [2.45, 2.75) is 33.0 Å². The number of hydrogen-bond acceptors (Lipinski definition) is 4. The second-order valence-electron chi connectivity index (χ2n) is 4.52. The Hall–Kier alpha value is -2.58. The number of aryl methyl sites for hydroxylation is 1. The van der Waals surface area contributed by atoms with Crippen LogP contribution < -0.4 is 5.43 Å². The summed E-state index contributed by atoms with van der Waals surface area (Å²) in [5.74, 6) is -2.46. The number of halogens is 3. The molecule has 2 N–H and O–H groups in total. The molecule has 9 heteroatoms. The van der Waals surface area contributed by atoms with E-state index in [1.807, 2.05) is 0 Å². The molecule has 6 nitrogen and oxygen atoms in total. The number of hydrogen-bond donors (Lipinski definition) is 2. The molecule has 0 aliphatic carbocycles. The Bertz CT molecular complexity index is 718. The molecule has 0 bridgehead atoms. The summed E-state index contributed by atoms with van der Waals surface area (Å²) in [6.07, 6.45) is -1.51. The zero-order chi connectivity index (χ0) is 17.8. The Balaban J connectivity index is 3.06. The van der Waals surface area contributed by atoms with Gasteiger partial charge in [0.15, 0.2) is 5.75 Å². The fourth-order valence-electron chi connectivity index (χ4n) is 1.98. The summed E-state index contributed by atoms with van der Waals surface area (Å²) in [5, 5.41) is 21.7. The van der Waals surface area contributed by atoms with Crippen molar-refractivity contribution >= 4 is 5.97 Å². The molecule has 0 spiro atoms. The van der Waals surface area contributed by atoms with Crippen molar-refractivity contribution < 1.29 is 28.2 Å². The molecule has 0 aliphatic heterocycles. The Morgan fingerprint density at radius 1 is 1.35 bits per heavy atom. The summed E-state index contributed by atoms with van der Waals surface area (Å²) >= 11 is 0. The van der Waals surface area contributed by atoms with E-state index >= 15 is 0 Å². The van der Waals surface area contributed by atoms with E-state index in [1.165, 1.54) is 19.9 Å². The molecule has 23 heavy (non-hydrogen) atoms. The number of aromatic nitrogens is 2. The van der Waals surface area contributed by atoms with Crippen LogP contribution in [0.15, 0.2) is 34.3 Å². The predicted octanol–water partition coefficient (Wildman–Crippen LogP) is 2.49. The fraction of sp³-hybridized carbons (Fsp3) is 0.357. The van der Waals surface area contributed by atoms with Crippen molar-refractivity contribution in [3.8, 4) is 5.75 Å². The summed E-state index contributed by atoms with van der Waals surface area (Å²) in [6.45, 7) is 2.57. The number of carboxylic acid groups (broad SMARTS) is 1. The average Bonchev–Trinajstić information content (AvgIpc) is 2.44. The molecule has 0 saturated heterocycles. The maximum absolute atomic E-state index is 12.9. The van der Waals surface area contributed by atoms with Crippen LogP contribution >= 0.6 is 0 Å². The van der Waals surface area contributed by atoms with Crippen LogP contribution in [-0.4, -0.2) is 32.1 Å². The molecule has 0 unspecified atom stereocenters. The molecule has 1 aromatic heterocycles. The molecule has 0 aliphatic rings. The van der Waals surface area contributed by atoms with Crippen LogP contribution in [0.2, 0.25) is 0 Å². The SMILES string of the molecule is CC=C(CCn1cc(O)c(=O)c(C(=O)O)n1)C(=CC)C(F)(F)F. The first-order valence-electron chi connectivity index (χ1n) is 6.54. The van der Waals surface area contributed by atoms with Crippen LogP contribution in [0.1, 0.15) is 30.8 Å². The van der Waals surface area contributed by atoms with E-state index in [0.29, 0.717) is 0 Å². The van der Waals surface area contributed by atoms with Gasteiger partial charge in [-0.1, -0.05) is 12.2 Å². The highest BCUT2D eigenvalue weighted by atomic mass is 19.4. The number of nitrogens with zero attached hydrogens (tertiary/aromatic N) is 2. The van der Waals surface area contributed by atoms with Crippen LogP contribution in [0.3, 0.4) is 0 Å². The molecule has 0 fully saturated rings. The largest absolute Gasteiger partial charge is 0.503 e. The number of carbonyl (C=O) groups is 1. The van der Waals surface area contributed by atoms with Crippen LogP contribution in [0.5, 0.6) is 5.75 Å². The number of carboxylic acids is 1. The van der Waals surface area contributed by atoms with Crippen molar-refractivity contribution in [2.75, 3.05) is 0 Å². The molecule has 0 radical (unpaired) electrons. The Kier molecular flexibility index (Phi) is 5.72. The third-order valence-electron chi connectivity index (χ3n) is 3.05. The topological polar surface area (TPSA) is 92.4 Å². The molecular formula is C14H15F3N2O4. The van der Waals surface area contributed by atoms with E-state index in [1.54, 1.807) is 0 Å². The summed E-state index contributed by atoms with van der Waals surface area (Å²) in [7, 11) is 0. The van der Waals surface area contributed by atoms with Crippen molar-refractivity contribution in [3.05, 3.63) is 45.4 Å². The second kappa shape index (κ2) is 7.12. The number of allylic oxidation sites excluding steroid dienone is 4. The van der Waals surface area contributed by atoms with Gasteiger partial charge in [-0.3, -0.25) is 9.48 Å². The zero-order valence-corrected chi connectivity index (χ0v) is 12.4. The van der Waals surface area contributed by atoms with Gasteiger partial charge in [0.1, 0.15) is 0 Å². The van der Waals surface area contributed by atoms with Gasteiger partial charge in [-0.15, -0.1) is 0 Å². The molecule has 1 rings (SSSR count). The maximum Gasteiger partial charge on any atom is 0.416 e. The Morgan fingerprint density at radius 2 is 1.96 bits per heavy atom. The summed E-state index contributed by atoms with van der Waals surface area (Å²) < 4.78 is 39.6. The van der Waals surface area contributed by atoms with E-state index in [9.17, 15) is 27.9 Å². The van der Waals surface area contributed by atoms with Crippen LogP contribution in [0.25, 0.3) is 0 Å². The lowest BCUT2D eigenvalue weighted by Crippen LogP contribution is -2.22.